The van der Waals surface area contributed by atoms with Crippen LogP contribution in [0.1, 0.15) is 24.5 Å². The third kappa shape index (κ3) is 1.94. The van der Waals surface area contributed by atoms with E-state index < -0.39 is 17.8 Å². The summed E-state index contributed by atoms with van der Waals surface area (Å²) < 4.78 is 23.1. The molecule has 0 saturated carbocycles. The zero-order chi connectivity index (χ0) is 19.0. The van der Waals surface area contributed by atoms with Gasteiger partial charge in [-0.3, -0.25) is 4.90 Å². The van der Waals surface area contributed by atoms with Crippen LogP contribution in [0.2, 0.25) is 0 Å². The number of rotatable bonds is 4. The molecular weight excluding hydrogens is 346 g/mol. The first-order valence-electron chi connectivity index (χ1n) is 9.58. The lowest BCUT2D eigenvalue weighted by molar-refractivity contribution is -0.165. The molecule has 6 heteroatoms. The molecule has 146 valence electrons. The van der Waals surface area contributed by atoms with Gasteiger partial charge in [-0.1, -0.05) is 12.1 Å². The molecule has 2 bridgehead atoms. The Morgan fingerprint density at radius 2 is 2.15 bits per heavy atom. The van der Waals surface area contributed by atoms with Crippen molar-refractivity contribution in [1.82, 2.24) is 4.90 Å². The van der Waals surface area contributed by atoms with Crippen molar-refractivity contribution in [2.24, 2.45) is 0 Å². The minimum atomic E-state index is -0.804. The quantitative estimate of drug-likeness (QED) is 0.640. The van der Waals surface area contributed by atoms with Crippen LogP contribution in [0.5, 0.6) is 11.5 Å². The first-order valence-corrected chi connectivity index (χ1v) is 9.58. The highest BCUT2D eigenvalue weighted by Crippen LogP contribution is 2.66. The first kappa shape index (κ1) is 17.5. The molecular formula is C21H27NO5. The zero-order valence-corrected chi connectivity index (χ0v) is 16.3. The van der Waals surface area contributed by atoms with Gasteiger partial charge in [0, 0.05) is 18.7 Å². The maximum atomic E-state index is 11.4. The Hall–Kier alpha value is -1.60. The van der Waals surface area contributed by atoms with E-state index in [9.17, 15) is 5.11 Å². The van der Waals surface area contributed by atoms with Crippen molar-refractivity contribution in [3.05, 3.63) is 34.9 Å². The SMILES string of the molecule is COCO[C@@H]1C=C2[C@H]3Cc4ccc(OC)c5c4[C@@]2(CCN3C)[C@](C)(O5)[C@@H]1O. The van der Waals surface area contributed by atoms with E-state index in [0.29, 0.717) is 0 Å². The van der Waals surface area contributed by atoms with Gasteiger partial charge in [0.2, 0.25) is 0 Å². The van der Waals surface area contributed by atoms with Crippen LogP contribution in [0.3, 0.4) is 0 Å². The molecule has 5 atom stereocenters. The summed E-state index contributed by atoms with van der Waals surface area (Å²) in [6.07, 6.45) is 2.71. The Balaban J connectivity index is 1.77. The van der Waals surface area contributed by atoms with Crippen LogP contribution in [0.15, 0.2) is 23.8 Å². The summed E-state index contributed by atoms with van der Waals surface area (Å²) in [5.74, 6) is 1.52. The second-order valence-electron chi connectivity index (χ2n) is 8.30. The predicted molar refractivity (Wildman–Crippen MR) is 99.3 cm³/mol. The van der Waals surface area contributed by atoms with Gasteiger partial charge in [-0.05, 0) is 50.6 Å². The van der Waals surface area contributed by atoms with Crippen molar-refractivity contribution in [3.63, 3.8) is 0 Å². The fourth-order valence-electron chi connectivity index (χ4n) is 5.93. The predicted octanol–water partition coefficient (Wildman–Crippen LogP) is 1.63. The highest BCUT2D eigenvalue weighted by atomic mass is 16.7. The Morgan fingerprint density at radius 1 is 1.33 bits per heavy atom. The van der Waals surface area contributed by atoms with Crippen molar-refractivity contribution in [2.45, 2.75) is 49.0 Å². The Kier molecular flexibility index (Phi) is 3.70. The van der Waals surface area contributed by atoms with Crippen molar-refractivity contribution in [1.29, 1.82) is 0 Å². The molecule has 2 heterocycles. The molecule has 4 aliphatic rings. The Labute approximate surface area is 159 Å². The summed E-state index contributed by atoms with van der Waals surface area (Å²) in [5.41, 5.74) is 2.68. The number of methoxy groups -OCH3 is 2. The smallest absolute Gasteiger partial charge is 0.166 e. The van der Waals surface area contributed by atoms with Crippen molar-refractivity contribution in [2.75, 3.05) is 34.6 Å². The summed E-state index contributed by atoms with van der Waals surface area (Å²) in [4.78, 5) is 2.41. The van der Waals surface area contributed by atoms with Crippen LogP contribution < -0.4 is 9.47 Å². The summed E-state index contributed by atoms with van der Waals surface area (Å²) >= 11 is 0. The molecule has 1 saturated heterocycles. The lowest BCUT2D eigenvalue weighted by atomic mass is 9.51. The standard InChI is InChI=1S/C21H27NO5/c1-20-19(23)16(26-11-24-3)10-13-14-9-12-5-6-15(25-4)18(27-20)17(12)21(13,20)7-8-22(14)2/h5-6,10,14,16,19,23H,7-9,11H2,1-4H3/t14-,16-,19-,20-,21+/m1/s1. The van der Waals surface area contributed by atoms with Crippen LogP contribution in [0, 0.1) is 0 Å². The molecule has 27 heavy (non-hydrogen) atoms. The third-order valence-electron chi connectivity index (χ3n) is 7.25. The van der Waals surface area contributed by atoms with Crippen LogP contribution >= 0.6 is 0 Å². The van der Waals surface area contributed by atoms with Crippen LogP contribution in [0.25, 0.3) is 0 Å². The molecule has 2 aliphatic heterocycles. The highest BCUT2D eigenvalue weighted by Gasteiger charge is 2.70. The second kappa shape index (κ2) is 5.70. The average molecular weight is 373 g/mol. The Morgan fingerprint density at radius 3 is 2.89 bits per heavy atom. The van der Waals surface area contributed by atoms with E-state index in [2.05, 4.69) is 24.1 Å². The van der Waals surface area contributed by atoms with Gasteiger partial charge in [-0.2, -0.15) is 0 Å². The van der Waals surface area contributed by atoms with Gasteiger partial charge in [-0.15, -0.1) is 0 Å². The van der Waals surface area contributed by atoms with Gasteiger partial charge >= 0.3 is 0 Å². The molecule has 0 aromatic heterocycles. The topological polar surface area (TPSA) is 60.4 Å². The third-order valence-corrected chi connectivity index (χ3v) is 7.25. The number of ether oxygens (including phenoxy) is 4. The summed E-state index contributed by atoms with van der Waals surface area (Å²) in [7, 11) is 5.44. The molecule has 1 spiro atoms. The van der Waals surface area contributed by atoms with Crippen molar-refractivity contribution >= 4 is 0 Å². The molecule has 1 fully saturated rings. The van der Waals surface area contributed by atoms with E-state index in [0.717, 1.165) is 30.9 Å². The zero-order valence-electron chi connectivity index (χ0n) is 16.3. The number of nitrogens with zero attached hydrogens (tertiary/aromatic N) is 1. The summed E-state index contributed by atoms with van der Waals surface area (Å²) in [5, 5.41) is 11.4. The second-order valence-corrected chi connectivity index (χ2v) is 8.30. The van der Waals surface area contributed by atoms with Gasteiger partial charge in [-0.25, -0.2) is 0 Å². The fraction of sp³-hybridized carbons (Fsp3) is 0.619. The molecule has 1 aromatic rings. The lowest BCUT2D eigenvalue weighted by Gasteiger charge is -2.59. The number of aliphatic hydroxyl groups excluding tert-OH is 1. The largest absolute Gasteiger partial charge is 0.493 e. The minimum Gasteiger partial charge on any atom is -0.493 e. The Bertz CT molecular complexity index is 823. The van der Waals surface area contributed by atoms with E-state index in [1.165, 1.54) is 16.7 Å². The van der Waals surface area contributed by atoms with Gasteiger partial charge in [0.25, 0.3) is 0 Å². The molecule has 0 unspecified atom stereocenters. The van der Waals surface area contributed by atoms with Gasteiger partial charge in [0.05, 0.1) is 12.5 Å². The molecule has 0 amide bonds. The number of aliphatic hydroxyl groups is 1. The molecule has 1 N–H and O–H groups in total. The van der Waals surface area contributed by atoms with E-state index in [1.54, 1.807) is 14.2 Å². The summed E-state index contributed by atoms with van der Waals surface area (Å²) in [6.45, 7) is 3.13. The monoisotopic (exact) mass is 373 g/mol. The van der Waals surface area contributed by atoms with Gasteiger partial charge in [0.15, 0.2) is 11.5 Å². The van der Waals surface area contributed by atoms with E-state index in [4.69, 9.17) is 18.9 Å². The highest BCUT2D eigenvalue weighted by molar-refractivity contribution is 5.67. The maximum Gasteiger partial charge on any atom is 0.166 e. The molecule has 0 radical (unpaired) electrons. The van der Waals surface area contributed by atoms with Crippen molar-refractivity contribution in [3.8, 4) is 11.5 Å². The van der Waals surface area contributed by atoms with E-state index >= 15 is 0 Å². The summed E-state index contributed by atoms with van der Waals surface area (Å²) in [6, 6.07) is 4.44. The van der Waals surface area contributed by atoms with Crippen LogP contribution in [-0.2, 0) is 21.3 Å². The molecule has 1 aromatic carbocycles. The van der Waals surface area contributed by atoms with Crippen LogP contribution in [0.4, 0.5) is 0 Å². The molecule has 5 rings (SSSR count). The van der Waals surface area contributed by atoms with Gasteiger partial charge < -0.3 is 24.1 Å². The lowest BCUT2D eigenvalue weighted by Crippen LogP contribution is -2.70. The number of likely N-dealkylation sites (tertiary alicyclic amines) is 1. The molecule has 2 aliphatic carbocycles. The molecule has 6 nitrogen and oxygen atoms in total. The minimum absolute atomic E-state index is 0.136. The number of benzene rings is 1. The number of likely N-dealkylation sites (N-methyl/N-ethyl adjacent to an activating group) is 1. The van der Waals surface area contributed by atoms with Gasteiger partial charge in [0.1, 0.15) is 24.6 Å². The average Bonchev–Trinajstić information content (AvgIpc) is 2.94. The number of hydrogen-bond acceptors (Lipinski definition) is 6. The maximum absolute atomic E-state index is 11.4. The number of piperidine rings is 1. The normalized spacial score (nSPS) is 38.9. The van der Waals surface area contributed by atoms with E-state index in [1.807, 2.05) is 13.0 Å². The number of hydrogen-bond donors (Lipinski definition) is 1. The van der Waals surface area contributed by atoms with Crippen molar-refractivity contribution < 1.29 is 24.1 Å². The first-order chi connectivity index (χ1) is 13.0. The van der Waals surface area contributed by atoms with Crippen LogP contribution in [-0.4, -0.2) is 68.5 Å². The van der Waals surface area contributed by atoms with E-state index in [-0.39, 0.29) is 18.2 Å². The fourth-order valence-corrected chi connectivity index (χ4v) is 5.93.